The second-order valence-corrected chi connectivity index (χ2v) is 8.48. The van der Waals surface area contributed by atoms with Gasteiger partial charge in [0.25, 0.3) is 5.91 Å². The molecule has 10 nitrogen and oxygen atoms in total. The monoisotopic (exact) mass is 440 g/mol. The molecule has 2 heterocycles. The van der Waals surface area contributed by atoms with Gasteiger partial charge < -0.3 is 19.8 Å². The molecule has 0 aliphatic carbocycles. The number of pyridine rings is 1. The minimum absolute atomic E-state index is 0.102. The normalized spacial score (nSPS) is 15.1. The third kappa shape index (κ3) is 4.81. The molecule has 1 aromatic carbocycles. The van der Waals surface area contributed by atoms with Crippen molar-refractivity contribution in [1.29, 1.82) is 0 Å². The summed E-state index contributed by atoms with van der Waals surface area (Å²) < 4.78 is 31.9. The van der Waals surface area contributed by atoms with Crippen molar-refractivity contribution in [2.45, 2.75) is 4.90 Å². The number of carbonyl (C=O) groups is 1. The second kappa shape index (κ2) is 8.72. The van der Waals surface area contributed by atoms with Crippen LogP contribution in [0.1, 0.15) is 0 Å². The predicted octanol–water partition coefficient (Wildman–Crippen LogP) is 1.56. The van der Waals surface area contributed by atoms with E-state index >= 15 is 0 Å². The SMILES string of the molecule is O=C(COc1cccnc1[N+](=O)[O-])N1CCN(S(=O)(=O)c2ccc(Cl)cc2)CC1. The molecule has 0 atom stereocenters. The average Bonchev–Trinajstić information content (AvgIpc) is 2.72. The molecule has 1 fully saturated rings. The quantitative estimate of drug-likeness (QED) is 0.493. The zero-order valence-electron chi connectivity index (χ0n) is 15.1. The largest absolute Gasteiger partial charge is 0.476 e. The molecule has 2 aromatic rings. The van der Waals surface area contributed by atoms with Gasteiger partial charge in [-0.25, -0.2) is 8.42 Å². The van der Waals surface area contributed by atoms with Crippen LogP contribution in [0.4, 0.5) is 5.82 Å². The molecule has 0 radical (unpaired) electrons. The van der Waals surface area contributed by atoms with Crippen LogP contribution in [-0.4, -0.2) is 66.2 Å². The molecule has 0 spiro atoms. The first-order valence-corrected chi connectivity index (χ1v) is 10.4. The van der Waals surface area contributed by atoms with E-state index in [9.17, 15) is 23.3 Å². The van der Waals surface area contributed by atoms with Crippen molar-refractivity contribution in [3.63, 3.8) is 0 Å². The number of ether oxygens (including phenoxy) is 1. The Hall–Kier alpha value is -2.76. The Morgan fingerprint density at radius 1 is 1.17 bits per heavy atom. The first-order chi connectivity index (χ1) is 13.8. The van der Waals surface area contributed by atoms with Crippen LogP contribution in [0.25, 0.3) is 0 Å². The lowest BCUT2D eigenvalue weighted by atomic mass is 10.3. The molecule has 1 saturated heterocycles. The fraction of sp³-hybridized carbons (Fsp3) is 0.294. The van der Waals surface area contributed by atoms with Crippen molar-refractivity contribution >= 4 is 33.3 Å². The topological polar surface area (TPSA) is 123 Å². The van der Waals surface area contributed by atoms with Crippen LogP contribution in [0, 0.1) is 10.1 Å². The second-order valence-electron chi connectivity index (χ2n) is 6.11. The van der Waals surface area contributed by atoms with E-state index in [2.05, 4.69) is 4.98 Å². The van der Waals surface area contributed by atoms with E-state index in [1.807, 2.05) is 0 Å². The van der Waals surface area contributed by atoms with E-state index in [1.165, 1.54) is 51.8 Å². The summed E-state index contributed by atoms with van der Waals surface area (Å²) in [6.07, 6.45) is 1.26. The number of rotatable bonds is 6. The van der Waals surface area contributed by atoms with Gasteiger partial charge in [-0.05, 0) is 46.3 Å². The summed E-state index contributed by atoms with van der Waals surface area (Å²) in [7, 11) is -3.68. The van der Waals surface area contributed by atoms with Crippen molar-refractivity contribution in [2.75, 3.05) is 32.8 Å². The van der Waals surface area contributed by atoms with Crippen molar-refractivity contribution < 1.29 is 22.9 Å². The molecule has 12 heteroatoms. The van der Waals surface area contributed by atoms with E-state index in [0.717, 1.165) is 0 Å². The first kappa shape index (κ1) is 21.0. The summed E-state index contributed by atoms with van der Waals surface area (Å²) in [6, 6.07) is 8.70. The Kier molecular flexibility index (Phi) is 6.30. The number of amides is 1. The number of carbonyl (C=O) groups excluding carboxylic acids is 1. The van der Waals surface area contributed by atoms with Gasteiger partial charge in [-0.15, -0.1) is 0 Å². The van der Waals surface area contributed by atoms with Crippen LogP contribution >= 0.6 is 11.6 Å². The summed E-state index contributed by atoms with van der Waals surface area (Å²) in [5.41, 5.74) is 0. The molecule has 3 rings (SSSR count). The molecular formula is C17H17ClN4O6S. The number of halogens is 1. The Morgan fingerprint density at radius 3 is 2.45 bits per heavy atom. The number of sulfonamides is 1. The summed E-state index contributed by atoms with van der Waals surface area (Å²) >= 11 is 5.80. The van der Waals surface area contributed by atoms with Crippen molar-refractivity contribution in [3.8, 4) is 5.75 Å². The number of benzene rings is 1. The van der Waals surface area contributed by atoms with E-state index in [4.69, 9.17) is 16.3 Å². The van der Waals surface area contributed by atoms with Gasteiger partial charge in [-0.2, -0.15) is 4.31 Å². The van der Waals surface area contributed by atoms with Gasteiger partial charge in [-0.3, -0.25) is 4.79 Å². The predicted molar refractivity (Wildman–Crippen MR) is 103 cm³/mol. The van der Waals surface area contributed by atoms with Gasteiger partial charge in [-0.1, -0.05) is 11.6 Å². The molecule has 0 bridgehead atoms. The summed E-state index contributed by atoms with van der Waals surface area (Å²) in [6.45, 7) is 0.220. The summed E-state index contributed by atoms with van der Waals surface area (Å²) in [5, 5.41) is 11.4. The summed E-state index contributed by atoms with van der Waals surface area (Å²) in [4.78, 5) is 27.8. The number of nitrogens with zero attached hydrogens (tertiary/aromatic N) is 4. The highest BCUT2D eigenvalue weighted by Crippen LogP contribution is 2.23. The molecule has 1 aromatic heterocycles. The van der Waals surface area contributed by atoms with E-state index in [0.29, 0.717) is 5.02 Å². The lowest BCUT2D eigenvalue weighted by molar-refractivity contribution is -0.390. The molecule has 1 amide bonds. The highest BCUT2D eigenvalue weighted by molar-refractivity contribution is 7.89. The van der Waals surface area contributed by atoms with Crippen LogP contribution in [0.15, 0.2) is 47.5 Å². The molecule has 154 valence electrons. The van der Waals surface area contributed by atoms with Crippen LogP contribution in [-0.2, 0) is 14.8 Å². The molecule has 0 saturated carbocycles. The zero-order chi connectivity index (χ0) is 21.0. The Bertz CT molecular complexity index is 1010. The Morgan fingerprint density at radius 2 is 1.83 bits per heavy atom. The molecule has 0 unspecified atom stereocenters. The third-order valence-electron chi connectivity index (χ3n) is 4.32. The van der Waals surface area contributed by atoms with Crippen molar-refractivity contribution in [1.82, 2.24) is 14.2 Å². The maximum atomic E-state index is 12.7. The lowest BCUT2D eigenvalue weighted by Gasteiger charge is -2.33. The van der Waals surface area contributed by atoms with Gasteiger partial charge in [0.15, 0.2) is 6.61 Å². The number of hydrogen-bond acceptors (Lipinski definition) is 7. The molecule has 0 N–H and O–H groups in total. The molecule has 29 heavy (non-hydrogen) atoms. The van der Waals surface area contributed by atoms with Crippen LogP contribution in [0.3, 0.4) is 0 Å². The number of nitro groups is 1. The van der Waals surface area contributed by atoms with Crippen LogP contribution in [0.5, 0.6) is 5.75 Å². The number of hydrogen-bond donors (Lipinski definition) is 0. The lowest BCUT2D eigenvalue weighted by Crippen LogP contribution is -2.51. The minimum Gasteiger partial charge on any atom is -0.476 e. The fourth-order valence-corrected chi connectivity index (χ4v) is 4.34. The highest BCUT2D eigenvalue weighted by Gasteiger charge is 2.30. The summed E-state index contributed by atoms with van der Waals surface area (Å²) in [5.74, 6) is -0.972. The molecular weight excluding hydrogens is 424 g/mol. The van der Waals surface area contributed by atoms with Crippen LogP contribution < -0.4 is 4.74 Å². The standard InChI is InChI=1S/C17H17ClN4O6S/c18-13-3-5-14(6-4-13)29(26,27)21-10-8-20(9-11-21)16(23)12-28-15-2-1-7-19-17(15)22(24)25/h1-7H,8-12H2. The van der Waals surface area contributed by atoms with Gasteiger partial charge in [0.05, 0.1) is 4.90 Å². The van der Waals surface area contributed by atoms with E-state index < -0.39 is 33.3 Å². The Balaban J connectivity index is 1.57. The van der Waals surface area contributed by atoms with E-state index in [1.54, 1.807) is 0 Å². The van der Waals surface area contributed by atoms with Gasteiger partial charge >= 0.3 is 5.82 Å². The minimum atomic E-state index is -3.68. The van der Waals surface area contributed by atoms with Gasteiger partial charge in [0.1, 0.15) is 6.20 Å². The highest BCUT2D eigenvalue weighted by atomic mass is 35.5. The molecule has 1 aliphatic heterocycles. The molecule has 1 aliphatic rings. The zero-order valence-corrected chi connectivity index (χ0v) is 16.7. The average molecular weight is 441 g/mol. The van der Waals surface area contributed by atoms with Gasteiger partial charge in [0.2, 0.25) is 15.8 Å². The first-order valence-electron chi connectivity index (χ1n) is 8.55. The fourth-order valence-electron chi connectivity index (χ4n) is 2.80. The van der Waals surface area contributed by atoms with E-state index in [-0.39, 0.29) is 36.8 Å². The maximum Gasteiger partial charge on any atom is 0.406 e. The Labute approximate surface area is 171 Å². The smallest absolute Gasteiger partial charge is 0.406 e. The van der Waals surface area contributed by atoms with Crippen LogP contribution in [0.2, 0.25) is 5.02 Å². The van der Waals surface area contributed by atoms with Gasteiger partial charge in [0, 0.05) is 31.2 Å². The number of piperazine rings is 1. The van der Waals surface area contributed by atoms with Crippen molar-refractivity contribution in [2.24, 2.45) is 0 Å². The van der Waals surface area contributed by atoms with Crippen molar-refractivity contribution in [3.05, 3.63) is 57.7 Å². The number of aromatic nitrogens is 1. The third-order valence-corrected chi connectivity index (χ3v) is 6.48. The maximum absolute atomic E-state index is 12.7.